The average Bonchev–Trinajstić information content (AvgIpc) is 3.96. The molecule has 4 heterocycles. The van der Waals surface area contributed by atoms with Crippen molar-refractivity contribution in [2.45, 2.75) is 0 Å². The molecule has 0 saturated heterocycles. The van der Waals surface area contributed by atoms with Gasteiger partial charge in [0.05, 0.1) is 52.3 Å². The maximum absolute atomic E-state index is 10.1. The molecule has 7 aromatic carbocycles. The number of para-hydroxylation sites is 2. The van der Waals surface area contributed by atoms with Crippen molar-refractivity contribution in [2.24, 2.45) is 0 Å². The van der Waals surface area contributed by atoms with Crippen molar-refractivity contribution in [2.75, 3.05) is 0 Å². The van der Waals surface area contributed by atoms with Crippen LogP contribution in [0.15, 0.2) is 145 Å². The van der Waals surface area contributed by atoms with Crippen molar-refractivity contribution in [1.82, 2.24) is 8.80 Å². The van der Waals surface area contributed by atoms with Gasteiger partial charge in [-0.05, 0) is 46.4 Å². The molecule has 0 saturated carbocycles. The lowest BCUT2D eigenvalue weighted by Gasteiger charge is -2.06. The zero-order valence-corrected chi connectivity index (χ0v) is 22.7. The SMILES string of the molecule is [2H]c1c([2H])c([2H])c2c(c1[2H])c1c(-c3ccccc3)c([2H])c([2H])c3c4c([2H])c5c(c([2H])c4n2c31)c1c([2H])c([2H])c(-c2ccccc2)c2c3c([2H])c([2H])c([2H])c([2H])c3n5c12. The molecule has 0 N–H and O–H groups in total. The van der Waals surface area contributed by atoms with E-state index in [1.165, 1.54) is 8.80 Å². The normalized spacial score (nSPS) is 17.0. The Balaban J connectivity index is 1.51. The number of benzene rings is 7. The van der Waals surface area contributed by atoms with Crippen molar-refractivity contribution in [3.8, 4) is 22.3 Å². The van der Waals surface area contributed by atoms with E-state index in [4.69, 9.17) is 8.22 Å². The molecule has 0 atom stereocenters. The Labute approximate surface area is 271 Å². The Morgan fingerprint density at radius 2 is 0.818 bits per heavy atom. The minimum atomic E-state index is -0.536. The van der Waals surface area contributed by atoms with Crippen LogP contribution in [0, 0.1) is 0 Å². The lowest BCUT2D eigenvalue weighted by atomic mass is 9.96. The molecule has 0 aliphatic rings. The fraction of sp³-hybridized carbons (Fsp3) is 0. The van der Waals surface area contributed by atoms with Gasteiger partial charge in [-0.2, -0.15) is 0 Å². The minimum Gasteiger partial charge on any atom is -0.308 e. The van der Waals surface area contributed by atoms with E-state index >= 15 is 0 Å². The Kier molecular flexibility index (Phi) is 2.46. The number of hydrogen-bond donors (Lipinski definition) is 0. The van der Waals surface area contributed by atoms with Gasteiger partial charge in [0.2, 0.25) is 0 Å². The van der Waals surface area contributed by atoms with E-state index in [9.17, 15) is 11.0 Å². The average molecular weight is 571 g/mol. The van der Waals surface area contributed by atoms with E-state index in [0.29, 0.717) is 11.1 Å². The van der Waals surface area contributed by atoms with Crippen LogP contribution in [0.5, 0.6) is 0 Å². The third kappa shape index (κ3) is 2.63. The number of rotatable bonds is 2. The summed E-state index contributed by atoms with van der Waals surface area (Å²) < 4.78 is 132. The first-order valence-electron chi connectivity index (χ1n) is 21.2. The van der Waals surface area contributed by atoms with Gasteiger partial charge in [0.15, 0.2) is 0 Å². The minimum absolute atomic E-state index is 0.00469. The van der Waals surface area contributed by atoms with Crippen molar-refractivity contribution in [3.05, 3.63) is 145 Å². The van der Waals surface area contributed by atoms with Crippen molar-refractivity contribution in [1.29, 1.82) is 0 Å². The third-order valence-corrected chi connectivity index (χ3v) is 8.83. The van der Waals surface area contributed by atoms with Gasteiger partial charge >= 0.3 is 0 Å². The summed E-state index contributed by atoms with van der Waals surface area (Å²) in [6.07, 6.45) is 0. The summed E-state index contributed by atoms with van der Waals surface area (Å²) in [5, 5.41) is 0.864. The van der Waals surface area contributed by atoms with Crippen molar-refractivity contribution in [3.63, 3.8) is 0 Å². The molecule has 0 amide bonds. The monoisotopic (exact) mass is 570 g/mol. The molecule has 0 aliphatic heterocycles. The standard InChI is InChI=1S/C42H24N2/c1-3-11-25(12-4-1)27-19-21-29-33-23-38-34(24-37(33)43-35-17-9-7-15-31(35)39(27)41(29)43)30-22-20-28(26-13-5-2-6-14-26)40-32-16-8-10-18-36(32)44(38)42(30)40/h1-24H/i7D,8D,9D,10D,15D,16D,17D,18D,19D,20D,21D,22D,23D,24D. The van der Waals surface area contributed by atoms with Crippen LogP contribution in [-0.2, 0) is 0 Å². The lowest BCUT2D eigenvalue weighted by molar-refractivity contribution is 1.36. The third-order valence-electron chi connectivity index (χ3n) is 8.83. The zero-order chi connectivity index (χ0) is 40.7. The zero-order valence-electron chi connectivity index (χ0n) is 36.7. The van der Waals surface area contributed by atoms with E-state index in [2.05, 4.69) is 0 Å². The summed E-state index contributed by atoms with van der Waals surface area (Å²) in [6, 6.07) is 12.2. The molecule has 2 heteroatoms. The Morgan fingerprint density at radius 1 is 0.386 bits per heavy atom. The van der Waals surface area contributed by atoms with E-state index in [0.717, 1.165) is 0 Å². The van der Waals surface area contributed by atoms with E-state index in [1.807, 2.05) is 0 Å². The molecular weight excluding hydrogens is 532 g/mol. The molecule has 0 fully saturated rings. The van der Waals surface area contributed by atoms with Gasteiger partial charge in [0, 0.05) is 43.1 Å². The van der Waals surface area contributed by atoms with Crippen LogP contribution in [0.1, 0.15) is 19.2 Å². The molecule has 11 rings (SSSR count). The molecular formula is C42H24N2. The highest BCUT2D eigenvalue weighted by molar-refractivity contribution is 6.31. The Hall–Kier alpha value is -5.86. The van der Waals surface area contributed by atoms with Gasteiger partial charge in [-0.15, -0.1) is 0 Å². The topological polar surface area (TPSA) is 8.82 Å². The van der Waals surface area contributed by atoms with Gasteiger partial charge < -0.3 is 8.80 Å². The number of fused-ring (bicyclic) bond motifs is 12. The molecule has 11 aromatic rings. The second kappa shape index (κ2) is 7.94. The second-order valence-corrected chi connectivity index (χ2v) is 11.0. The van der Waals surface area contributed by atoms with Crippen molar-refractivity contribution < 1.29 is 19.2 Å². The fourth-order valence-corrected chi connectivity index (χ4v) is 7.08. The highest BCUT2D eigenvalue weighted by Gasteiger charge is 2.24. The summed E-state index contributed by atoms with van der Waals surface area (Å²) in [6.45, 7) is 0. The quantitative estimate of drug-likeness (QED) is 0.195. The highest BCUT2D eigenvalue weighted by atomic mass is 14.9. The van der Waals surface area contributed by atoms with E-state index in [1.54, 1.807) is 60.7 Å². The summed E-state index contributed by atoms with van der Waals surface area (Å²) in [5.74, 6) is 0. The number of aromatic nitrogens is 2. The molecule has 0 spiro atoms. The molecule has 2 nitrogen and oxygen atoms in total. The van der Waals surface area contributed by atoms with Gasteiger partial charge in [0.1, 0.15) is 0 Å². The molecule has 0 radical (unpaired) electrons. The molecule has 0 bridgehead atoms. The summed E-state index contributed by atoms with van der Waals surface area (Å²) in [5.41, 5.74) is 1.97. The first kappa shape index (κ1) is 13.6. The van der Waals surface area contributed by atoms with E-state index < -0.39 is 36.3 Å². The Morgan fingerprint density at radius 3 is 1.27 bits per heavy atom. The molecule has 0 unspecified atom stereocenters. The van der Waals surface area contributed by atoms with Crippen LogP contribution in [0.3, 0.4) is 0 Å². The van der Waals surface area contributed by atoms with Gasteiger partial charge in [0.25, 0.3) is 0 Å². The van der Waals surface area contributed by atoms with Crippen LogP contribution in [0.4, 0.5) is 0 Å². The largest absolute Gasteiger partial charge is 0.308 e. The maximum Gasteiger partial charge on any atom is 0.0653 e. The summed E-state index contributed by atoms with van der Waals surface area (Å²) >= 11 is 0. The van der Waals surface area contributed by atoms with Gasteiger partial charge in [-0.3, -0.25) is 0 Å². The van der Waals surface area contributed by atoms with E-state index in [-0.39, 0.29) is 136 Å². The van der Waals surface area contributed by atoms with Gasteiger partial charge in [-0.25, -0.2) is 0 Å². The first-order chi connectivity index (χ1) is 27.7. The molecule has 202 valence electrons. The lowest BCUT2D eigenvalue weighted by Crippen LogP contribution is -1.82. The van der Waals surface area contributed by atoms with Crippen molar-refractivity contribution >= 4 is 76.2 Å². The second-order valence-electron chi connectivity index (χ2n) is 11.0. The molecule has 0 aliphatic carbocycles. The molecule has 4 aromatic heterocycles. The number of hydrogen-bond acceptors (Lipinski definition) is 0. The predicted octanol–water partition coefficient (Wildman–Crippen LogP) is 11.3. The van der Waals surface area contributed by atoms with Crippen LogP contribution >= 0.6 is 0 Å². The summed E-state index contributed by atoms with van der Waals surface area (Å²) in [4.78, 5) is 0. The number of nitrogens with zero attached hydrogens (tertiary/aromatic N) is 2. The van der Waals surface area contributed by atoms with Crippen LogP contribution in [-0.4, -0.2) is 8.80 Å². The van der Waals surface area contributed by atoms with Crippen LogP contribution in [0.25, 0.3) is 98.4 Å². The predicted molar refractivity (Wildman–Crippen MR) is 187 cm³/mol. The van der Waals surface area contributed by atoms with Crippen LogP contribution in [0.2, 0.25) is 0 Å². The first-order valence-corrected chi connectivity index (χ1v) is 14.2. The smallest absolute Gasteiger partial charge is 0.0653 e. The maximum atomic E-state index is 10.1. The molecule has 44 heavy (non-hydrogen) atoms. The fourth-order valence-electron chi connectivity index (χ4n) is 7.08. The summed E-state index contributed by atoms with van der Waals surface area (Å²) in [7, 11) is 0. The van der Waals surface area contributed by atoms with Crippen LogP contribution < -0.4 is 0 Å². The Bertz CT molecular complexity index is 3460. The van der Waals surface area contributed by atoms with Gasteiger partial charge in [-0.1, -0.05) is 121 Å². The highest BCUT2D eigenvalue weighted by Crippen LogP contribution is 2.48.